The van der Waals surface area contributed by atoms with E-state index in [1.165, 1.54) is 16.7 Å². The van der Waals surface area contributed by atoms with E-state index in [0.717, 1.165) is 6.54 Å². The smallest absolute Gasteiger partial charge is 0.0208 e. The van der Waals surface area contributed by atoms with E-state index in [9.17, 15) is 0 Å². The average molecular weight is 329 g/mol. The molecule has 0 aromatic heterocycles. The van der Waals surface area contributed by atoms with Crippen LogP contribution < -0.4 is 5.32 Å². The number of hydrogen-bond donors (Lipinski definition) is 1. The molecule has 0 spiro atoms. The molecule has 0 amide bonds. The summed E-state index contributed by atoms with van der Waals surface area (Å²) in [6, 6.07) is 32.7. The molecule has 3 rings (SSSR count). The summed E-state index contributed by atoms with van der Waals surface area (Å²) >= 11 is 0. The second-order valence-corrected chi connectivity index (χ2v) is 6.79. The zero-order valence-electron chi connectivity index (χ0n) is 15.1. The van der Waals surface area contributed by atoms with Crippen molar-refractivity contribution in [1.29, 1.82) is 0 Å². The fourth-order valence-corrected chi connectivity index (χ4v) is 3.65. The SMILES string of the molecule is C[C@H](NCc1ccccc1)[C@H](c1ccccc1)[C@@H](C)c1ccccc1. The van der Waals surface area contributed by atoms with Crippen LogP contribution in [-0.4, -0.2) is 6.04 Å². The van der Waals surface area contributed by atoms with Gasteiger partial charge in [-0.1, -0.05) is 97.9 Å². The monoisotopic (exact) mass is 329 g/mol. The highest BCUT2D eigenvalue weighted by Crippen LogP contribution is 2.35. The van der Waals surface area contributed by atoms with E-state index in [1.54, 1.807) is 0 Å². The third kappa shape index (κ3) is 4.58. The Morgan fingerprint density at radius 1 is 0.640 bits per heavy atom. The Balaban J connectivity index is 1.81. The fraction of sp³-hybridized carbons (Fsp3) is 0.250. The highest BCUT2D eigenvalue weighted by molar-refractivity contribution is 5.29. The van der Waals surface area contributed by atoms with E-state index in [-0.39, 0.29) is 0 Å². The van der Waals surface area contributed by atoms with Crippen LogP contribution in [0.2, 0.25) is 0 Å². The van der Waals surface area contributed by atoms with Crippen molar-refractivity contribution < 1.29 is 0 Å². The first-order chi connectivity index (χ1) is 12.3. The Kier molecular flexibility index (Phi) is 6.03. The zero-order valence-corrected chi connectivity index (χ0v) is 15.1. The van der Waals surface area contributed by atoms with Crippen LogP contribution in [0.15, 0.2) is 91.0 Å². The lowest BCUT2D eigenvalue weighted by molar-refractivity contribution is 0.414. The first kappa shape index (κ1) is 17.4. The molecule has 1 nitrogen and oxygen atoms in total. The van der Waals surface area contributed by atoms with E-state index in [2.05, 4.69) is 110 Å². The molecule has 1 N–H and O–H groups in total. The van der Waals surface area contributed by atoms with Crippen molar-refractivity contribution in [3.05, 3.63) is 108 Å². The molecule has 25 heavy (non-hydrogen) atoms. The molecule has 0 saturated heterocycles. The topological polar surface area (TPSA) is 12.0 Å². The van der Waals surface area contributed by atoms with E-state index >= 15 is 0 Å². The molecule has 0 aliphatic heterocycles. The molecule has 1 heteroatoms. The van der Waals surface area contributed by atoms with Crippen LogP contribution in [0.25, 0.3) is 0 Å². The first-order valence-electron chi connectivity index (χ1n) is 9.13. The molecule has 0 aliphatic rings. The maximum Gasteiger partial charge on any atom is 0.0208 e. The summed E-state index contributed by atoms with van der Waals surface area (Å²) in [4.78, 5) is 0. The molecule has 0 saturated carbocycles. The second kappa shape index (κ2) is 8.64. The van der Waals surface area contributed by atoms with Crippen LogP contribution in [0.4, 0.5) is 0 Å². The molecule has 128 valence electrons. The quantitative estimate of drug-likeness (QED) is 0.582. The van der Waals surface area contributed by atoms with Crippen molar-refractivity contribution in [2.24, 2.45) is 0 Å². The summed E-state index contributed by atoms with van der Waals surface area (Å²) in [7, 11) is 0. The molecule has 3 aromatic carbocycles. The lowest BCUT2D eigenvalue weighted by Gasteiger charge is -2.31. The van der Waals surface area contributed by atoms with Crippen molar-refractivity contribution in [3.8, 4) is 0 Å². The molecule has 0 unspecified atom stereocenters. The number of hydrogen-bond acceptors (Lipinski definition) is 1. The molecular formula is C24H27N. The Labute approximate surface area is 151 Å². The van der Waals surface area contributed by atoms with Gasteiger partial charge >= 0.3 is 0 Å². The van der Waals surface area contributed by atoms with Gasteiger partial charge in [-0.05, 0) is 29.5 Å². The van der Waals surface area contributed by atoms with E-state index in [1.807, 2.05) is 0 Å². The molecular weight excluding hydrogens is 302 g/mol. The van der Waals surface area contributed by atoms with Crippen molar-refractivity contribution >= 4 is 0 Å². The van der Waals surface area contributed by atoms with Gasteiger partial charge in [-0.3, -0.25) is 0 Å². The highest BCUT2D eigenvalue weighted by atomic mass is 14.9. The van der Waals surface area contributed by atoms with Gasteiger partial charge in [0.25, 0.3) is 0 Å². The average Bonchev–Trinajstić information content (AvgIpc) is 2.69. The van der Waals surface area contributed by atoms with Crippen LogP contribution >= 0.6 is 0 Å². The summed E-state index contributed by atoms with van der Waals surface area (Å²) in [5.41, 5.74) is 4.12. The summed E-state index contributed by atoms with van der Waals surface area (Å²) in [6.45, 7) is 5.54. The van der Waals surface area contributed by atoms with Crippen LogP contribution in [0.3, 0.4) is 0 Å². The van der Waals surface area contributed by atoms with Gasteiger partial charge in [0.2, 0.25) is 0 Å². The van der Waals surface area contributed by atoms with Crippen LogP contribution in [0, 0.1) is 0 Å². The predicted molar refractivity (Wildman–Crippen MR) is 107 cm³/mol. The molecule has 0 fully saturated rings. The number of benzene rings is 3. The minimum Gasteiger partial charge on any atom is -0.310 e. The van der Waals surface area contributed by atoms with E-state index in [4.69, 9.17) is 0 Å². The minimum absolute atomic E-state index is 0.373. The van der Waals surface area contributed by atoms with E-state index < -0.39 is 0 Å². The predicted octanol–water partition coefficient (Wildman–Crippen LogP) is 5.75. The van der Waals surface area contributed by atoms with Crippen molar-refractivity contribution in [1.82, 2.24) is 5.32 Å². The van der Waals surface area contributed by atoms with Gasteiger partial charge in [-0.25, -0.2) is 0 Å². The summed E-state index contributed by atoms with van der Waals surface area (Å²) < 4.78 is 0. The lowest BCUT2D eigenvalue weighted by atomic mass is 9.78. The molecule has 0 radical (unpaired) electrons. The normalized spacial score (nSPS) is 14.6. The van der Waals surface area contributed by atoms with E-state index in [0.29, 0.717) is 17.9 Å². The Bertz CT molecular complexity index is 737. The van der Waals surface area contributed by atoms with Crippen LogP contribution in [-0.2, 0) is 6.54 Å². The Hall–Kier alpha value is -2.38. The second-order valence-electron chi connectivity index (χ2n) is 6.79. The van der Waals surface area contributed by atoms with Gasteiger partial charge in [0.15, 0.2) is 0 Å². The Morgan fingerprint density at radius 3 is 1.68 bits per heavy atom. The standard InChI is InChI=1S/C24H27N/c1-19(22-14-8-4-9-15-22)24(23-16-10-5-11-17-23)20(2)25-18-21-12-6-3-7-13-21/h3-17,19-20,24-25H,18H2,1-2H3/t19-,20-,24+/m0/s1. The molecule has 0 heterocycles. The Morgan fingerprint density at radius 2 is 1.12 bits per heavy atom. The maximum atomic E-state index is 3.75. The highest BCUT2D eigenvalue weighted by Gasteiger charge is 2.26. The van der Waals surface area contributed by atoms with Crippen LogP contribution in [0.1, 0.15) is 42.4 Å². The van der Waals surface area contributed by atoms with Crippen molar-refractivity contribution in [2.75, 3.05) is 0 Å². The third-order valence-electron chi connectivity index (χ3n) is 5.06. The zero-order chi connectivity index (χ0) is 17.5. The van der Waals surface area contributed by atoms with Crippen molar-refractivity contribution in [3.63, 3.8) is 0 Å². The van der Waals surface area contributed by atoms with Gasteiger partial charge in [-0.2, -0.15) is 0 Å². The summed E-state index contributed by atoms with van der Waals surface area (Å²) in [5.74, 6) is 0.870. The van der Waals surface area contributed by atoms with Gasteiger partial charge in [0.1, 0.15) is 0 Å². The third-order valence-corrected chi connectivity index (χ3v) is 5.06. The van der Waals surface area contributed by atoms with Crippen LogP contribution in [0.5, 0.6) is 0 Å². The van der Waals surface area contributed by atoms with Gasteiger partial charge in [0.05, 0.1) is 0 Å². The number of nitrogens with one attached hydrogen (secondary N) is 1. The largest absolute Gasteiger partial charge is 0.310 e. The number of rotatable bonds is 7. The lowest BCUT2D eigenvalue weighted by Crippen LogP contribution is -2.34. The molecule has 0 aliphatic carbocycles. The van der Waals surface area contributed by atoms with Gasteiger partial charge in [-0.15, -0.1) is 0 Å². The molecule has 3 aromatic rings. The maximum absolute atomic E-state index is 3.75. The molecule has 0 bridgehead atoms. The summed E-state index contributed by atoms with van der Waals surface area (Å²) in [5, 5.41) is 3.75. The molecule has 3 atom stereocenters. The first-order valence-corrected chi connectivity index (χ1v) is 9.13. The summed E-state index contributed by atoms with van der Waals surface area (Å²) in [6.07, 6.45) is 0. The van der Waals surface area contributed by atoms with Crippen molar-refractivity contribution in [2.45, 2.75) is 38.3 Å². The fourth-order valence-electron chi connectivity index (χ4n) is 3.65. The van der Waals surface area contributed by atoms with Gasteiger partial charge in [0, 0.05) is 18.5 Å². The van der Waals surface area contributed by atoms with Gasteiger partial charge < -0.3 is 5.32 Å². The minimum atomic E-state index is 0.373.